The highest BCUT2D eigenvalue weighted by Crippen LogP contribution is 2.17. The van der Waals surface area contributed by atoms with Crippen LogP contribution in [0.5, 0.6) is 0 Å². The van der Waals surface area contributed by atoms with Gasteiger partial charge in [-0.05, 0) is 45.8 Å². The SMILES string of the molecule is CC(C)n1ccc(CN2CCC(Cl)CC2)n1. The highest BCUT2D eigenvalue weighted by molar-refractivity contribution is 6.20. The summed E-state index contributed by atoms with van der Waals surface area (Å²) < 4.78 is 2.02. The Hall–Kier alpha value is -0.540. The van der Waals surface area contributed by atoms with Crippen LogP contribution in [0.25, 0.3) is 0 Å². The summed E-state index contributed by atoms with van der Waals surface area (Å²) in [7, 11) is 0. The van der Waals surface area contributed by atoms with E-state index in [0.29, 0.717) is 11.4 Å². The number of hydrogen-bond acceptors (Lipinski definition) is 2. The lowest BCUT2D eigenvalue weighted by Crippen LogP contribution is -2.33. The van der Waals surface area contributed by atoms with Gasteiger partial charge < -0.3 is 0 Å². The Morgan fingerprint density at radius 3 is 2.69 bits per heavy atom. The molecule has 1 aliphatic rings. The molecule has 3 nitrogen and oxygen atoms in total. The summed E-state index contributed by atoms with van der Waals surface area (Å²) in [6.45, 7) is 7.46. The van der Waals surface area contributed by atoms with E-state index in [9.17, 15) is 0 Å². The molecule has 1 fully saturated rings. The third-order valence-electron chi connectivity index (χ3n) is 3.10. The predicted octanol–water partition coefficient (Wildman–Crippen LogP) is 2.67. The van der Waals surface area contributed by atoms with Crippen molar-refractivity contribution < 1.29 is 0 Å². The van der Waals surface area contributed by atoms with Gasteiger partial charge in [0.15, 0.2) is 0 Å². The second-order valence-corrected chi connectivity index (χ2v) is 5.45. The quantitative estimate of drug-likeness (QED) is 0.759. The summed E-state index contributed by atoms with van der Waals surface area (Å²) in [5.74, 6) is 0. The topological polar surface area (TPSA) is 21.1 Å². The number of aromatic nitrogens is 2. The monoisotopic (exact) mass is 241 g/mol. The van der Waals surface area contributed by atoms with Crippen LogP contribution in [0.1, 0.15) is 38.4 Å². The van der Waals surface area contributed by atoms with Crippen molar-refractivity contribution in [3.8, 4) is 0 Å². The minimum atomic E-state index is 0.379. The first-order valence-electron chi connectivity index (χ1n) is 6.05. The fourth-order valence-electron chi connectivity index (χ4n) is 2.04. The lowest BCUT2D eigenvalue weighted by molar-refractivity contribution is 0.220. The number of rotatable bonds is 3. The molecule has 0 aliphatic carbocycles. The maximum Gasteiger partial charge on any atom is 0.0764 e. The number of halogens is 1. The zero-order valence-electron chi connectivity index (χ0n) is 10.1. The van der Waals surface area contributed by atoms with E-state index in [0.717, 1.165) is 32.5 Å². The average Bonchev–Trinajstić information content (AvgIpc) is 2.70. The first-order chi connectivity index (χ1) is 7.65. The Balaban J connectivity index is 1.88. The van der Waals surface area contributed by atoms with E-state index in [1.807, 2.05) is 4.68 Å². The number of alkyl halides is 1. The average molecular weight is 242 g/mol. The molecule has 1 aromatic rings. The van der Waals surface area contributed by atoms with Crippen LogP contribution < -0.4 is 0 Å². The third kappa shape index (κ3) is 2.98. The van der Waals surface area contributed by atoms with E-state index < -0.39 is 0 Å². The molecule has 0 aromatic carbocycles. The molecule has 0 unspecified atom stereocenters. The van der Waals surface area contributed by atoms with E-state index >= 15 is 0 Å². The molecule has 4 heteroatoms. The van der Waals surface area contributed by atoms with Crippen molar-refractivity contribution in [2.75, 3.05) is 13.1 Å². The fraction of sp³-hybridized carbons (Fsp3) is 0.750. The summed E-state index contributed by atoms with van der Waals surface area (Å²) >= 11 is 6.08. The van der Waals surface area contributed by atoms with Crippen molar-refractivity contribution in [3.63, 3.8) is 0 Å². The van der Waals surface area contributed by atoms with Gasteiger partial charge >= 0.3 is 0 Å². The summed E-state index contributed by atoms with van der Waals surface area (Å²) in [4.78, 5) is 2.44. The van der Waals surface area contributed by atoms with Gasteiger partial charge in [0.2, 0.25) is 0 Å². The second kappa shape index (κ2) is 5.19. The number of hydrogen-bond donors (Lipinski definition) is 0. The van der Waals surface area contributed by atoms with Crippen LogP contribution in [0.4, 0.5) is 0 Å². The Labute approximate surface area is 102 Å². The van der Waals surface area contributed by atoms with Gasteiger partial charge in [-0.1, -0.05) is 0 Å². The van der Waals surface area contributed by atoms with Gasteiger partial charge in [-0.2, -0.15) is 5.10 Å². The molecule has 1 saturated heterocycles. The van der Waals surface area contributed by atoms with Gasteiger partial charge in [0, 0.05) is 24.2 Å². The van der Waals surface area contributed by atoms with Crippen LogP contribution in [0, 0.1) is 0 Å². The van der Waals surface area contributed by atoms with E-state index in [4.69, 9.17) is 11.6 Å². The molecule has 0 radical (unpaired) electrons. The first-order valence-corrected chi connectivity index (χ1v) is 6.49. The smallest absolute Gasteiger partial charge is 0.0764 e. The van der Waals surface area contributed by atoms with Crippen molar-refractivity contribution in [1.29, 1.82) is 0 Å². The van der Waals surface area contributed by atoms with Gasteiger partial charge in [-0.3, -0.25) is 9.58 Å². The van der Waals surface area contributed by atoms with Gasteiger partial charge in [-0.25, -0.2) is 0 Å². The van der Waals surface area contributed by atoms with Crippen LogP contribution in [-0.4, -0.2) is 33.1 Å². The summed E-state index contributed by atoms with van der Waals surface area (Å²) in [5, 5.41) is 4.94. The van der Waals surface area contributed by atoms with Crippen molar-refractivity contribution in [1.82, 2.24) is 14.7 Å². The normalized spacial score (nSPS) is 19.5. The zero-order valence-corrected chi connectivity index (χ0v) is 10.8. The first kappa shape index (κ1) is 11.9. The van der Waals surface area contributed by atoms with Crippen molar-refractivity contribution in [3.05, 3.63) is 18.0 Å². The molecule has 0 atom stereocenters. The molecule has 2 rings (SSSR count). The standard InChI is InChI=1S/C12H20ClN3/c1-10(2)16-8-5-12(14-16)9-15-6-3-11(13)4-7-15/h5,8,10-11H,3-4,6-7,9H2,1-2H3. The van der Waals surface area contributed by atoms with E-state index in [-0.39, 0.29) is 0 Å². The van der Waals surface area contributed by atoms with Gasteiger partial charge in [0.1, 0.15) is 0 Å². The van der Waals surface area contributed by atoms with Crippen molar-refractivity contribution in [2.24, 2.45) is 0 Å². The van der Waals surface area contributed by atoms with Crippen LogP contribution in [0.15, 0.2) is 12.3 Å². The summed E-state index contributed by atoms with van der Waals surface area (Å²) in [5.41, 5.74) is 1.17. The summed E-state index contributed by atoms with van der Waals surface area (Å²) in [6, 6.07) is 2.56. The highest BCUT2D eigenvalue weighted by atomic mass is 35.5. The molecule has 0 bridgehead atoms. The fourth-order valence-corrected chi connectivity index (χ4v) is 2.23. The molecule has 1 aromatic heterocycles. The van der Waals surface area contributed by atoms with Gasteiger partial charge in [0.25, 0.3) is 0 Å². The lowest BCUT2D eigenvalue weighted by Gasteiger charge is -2.28. The number of likely N-dealkylation sites (tertiary alicyclic amines) is 1. The molecule has 16 heavy (non-hydrogen) atoms. The van der Waals surface area contributed by atoms with Crippen molar-refractivity contribution >= 4 is 11.6 Å². The molecule has 2 heterocycles. The van der Waals surface area contributed by atoms with Crippen LogP contribution in [0.3, 0.4) is 0 Å². The van der Waals surface area contributed by atoms with E-state index in [1.165, 1.54) is 5.69 Å². The Morgan fingerprint density at radius 2 is 2.12 bits per heavy atom. The molecular weight excluding hydrogens is 222 g/mol. The third-order valence-corrected chi connectivity index (χ3v) is 3.53. The highest BCUT2D eigenvalue weighted by Gasteiger charge is 2.17. The van der Waals surface area contributed by atoms with Crippen LogP contribution >= 0.6 is 11.6 Å². The largest absolute Gasteiger partial charge is 0.297 e. The van der Waals surface area contributed by atoms with Crippen LogP contribution in [0.2, 0.25) is 0 Å². The minimum Gasteiger partial charge on any atom is -0.297 e. The Kier molecular flexibility index (Phi) is 3.87. The lowest BCUT2D eigenvalue weighted by atomic mass is 10.1. The maximum atomic E-state index is 6.08. The van der Waals surface area contributed by atoms with E-state index in [1.54, 1.807) is 0 Å². The maximum absolute atomic E-state index is 6.08. The molecule has 90 valence electrons. The van der Waals surface area contributed by atoms with Crippen molar-refractivity contribution in [2.45, 2.75) is 44.7 Å². The molecule has 1 aliphatic heterocycles. The van der Waals surface area contributed by atoms with Crippen LogP contribution in [-0.2, 0) is 6.54 Å². The number of nitrogens with zero attached hydrogens (tertiary/aromatic N) is 3. The molecule has 0 spiro atoms. The Morgan fingerprint density at radius 1 is 1.44 bits per heavy atom. The molecule has 0 amide bonds. The van der Waals surface area contributed by atoms with Gasteiger partial charge in [-0.15, -0.1) is 11.6 Å². The minimum absolute atomic E-state index is 0.379. The number of piperidine rings is 1. The molecular formula is C12H20ClN3. The summed E-state index contributed by atoms with van der Waals surface area (Å²) in [6.07, 6.45) is 4.27. The van der Waals surface area contributed by atoms with E-state index in [2.05, 4.69) is 36.1 Å². The predicted molar refractivity (Wildman–Crippen MR) is 66.8 cm³/mol. The second-order valence-electron chi connectivity index (χ2n) is 4.83. The Bertz CT molecular complexity index is 327. The zero-order chi connectivity index (χ0) is 11.5. The van der Waals surface area contributed by atoms with Gasteiger partial charge in [0.05, 0.1) is 5.69 Å². The molecule has 0 saturated carbocycles. The molecule has 0 N–H and O–H groups in total.